The van der Waals surface area contributed by atoms with Crippen molar-refractivity contribution in [2.45, 2.75) is 49.4 Å². The number of nitrogens with zero attached hydrogens (tertiary/aromatic N) is 2. The van der Waals surface area contributed by atoms with E-state index in [1.165, 1.54) is 207 Å². The SMILES string of the molecule is CC1(C)c2ccccc2-c2cccc(-c3cccc(N(c4ccc5c(c4)C4(c6ccccc6-c6ccccc64)c4ccc(-c6ccc7c(c6)-c6cccc(-c8cccc(N(c9ccc%10c(c9)C9(c%11ccccc%11-c%11ccccc%119)c9ccccc9-%10)c9cccc%10c9sc9ccccc9%10)c8)c6C7(C)C)cc4-5)c4cccc5sc6ccccc6c45)c3)c21. The number of thiophene rings is 2. The molecule has 2 heterocycles. The van der Waals surface area contributed by atoms with E-state index in [2.05, 4.69) is 426 Å². The van der Waals surface area contributed by atoms with Gasteiger partial charge in [0.1, 0.15) is 0 Å². The van der Waals surface area contributed by atoms with Crippen LogP contribution in [0.3, 0.4) is 0 Å². The Labute approximate surface area is 706 Å². The van der Waals surface area contributed by atoms with Crippen LogP contribution in [0.5, 0.6) is 0 Å². The zero-order valence-electron chi connectivity index (χ0n) is 66.7. The van der Waals surface area contributed by atoms with Crippen LogP contribution in [0.25, 0.3) is 140 Å². The fourth-order valence-electron chi connectivity index (χ4n) is 23.4. The van der Waals surface area contributed by atoms with E-state index in [1.807, 2.05) is 22.7 Å². The Balaban J connectivity index is 0.618. The number of fused-ring (bicyclic) bond motifs is 32. The lowest BCUT2D eigenvalue weighted by Gasteiger charge is -2.32. The minimum Gasteiger partial charge on any atom is -0.310 e. The van der Waals surface area contributed by atoms with Crippen molar-refractivity contribution < 1.29 is 0 Å². The summed E-state index contributed by atoms with van der Waals surface area (Å²) in [5, 5.41) is 5.09. The molecule has 0 amide bonds. The van der Waals surface area contributed by atoms with Gasteiger partial charge >= 0.3 is 0 Å². The predicted octanol–water partition coefficient (Wildman–Crippen LogP) is 31.7. The molecule has 26 rings (SSSR count). The molecule has 6 aliphatic carbocycles. The summed E-state index contributed by atoms with van der Waals surface area (Å²) >= 11 is 3.77. The second-order valence-corrected chi connectivity index (χ2v) is 36.9. The smallest absolute Gasteiger partial charge is 0.0726 e. The molecule has 4 heteroatoms. The van der Waals surface area contributed by atoms with Crippen LogP contribution in [0.4, 0.5) is 34.1 Å². The summed E-state index contributed by atoms with van der Waals surface area (Å²) < 4.78 is 5.10. The van der Waals surface area contributed by atoms with Gasteiger partial charge in [-0.2, -0.15) is 0 Å². The van der Waals surface area contributed by atoms with Crippen LogP contribution in [0.2, 0.25) is 0 Å². The molecule has 0 atom stereocenters. The molecule has 20 aromatic rings. The maximum absolute atomic E-state index is 2.58. The van der Waals surface area contributed by atoms with Crippen LogP contribution >= 0.6 is 22.7 Å². The van der Waals surface area contributed by atoms with E-state index in [-0.39, 0.29) is 10.8 Å². The number of hydrogen-bond donors (Lipinski definition) is 0. The standard InChI is InChI=1S/C116H76N2S2/c1-113(2)94-44-13-5-36-84(94)88-41-23-39-77(110(88)113)71-27-21-29-73(63-71)117(104-50-26-54-108-109(104)91-38-12-20-53-107(91)119-108)75-58-60-86-92-65-70(56-62-101(92)116(103(86)67-75)98-47-16-8-33-81(98)82-34-9-17-48-99(82)116)69-55-61-95-93(66-69)89-42-24-40-78(111(89)114(95,3)4)72-28-22-30-74(64-72)118(105-51-25-43-90-87-37-11-19-52-106(87)120-112(90)105)76-57-59-85-83-35-10-18-49-100(83)115(102(85)68-76)96-45-14-6-31-79(96)80-32-7-15-46-97(80)115/h5-68H,1-4H3. The first-order chi connectivity index (χ1) is 59.0. The Kier molecular flexibility index (Phi) is 14.1. The van der Waals surface area contributed by atoms with E-state index in [9.17, 15) is 0 Å². The van der Waals surface area contributed by atoms with Crippen LogP contribution < -0.4 is 9.80 Å². The molecule has 2 spiro atoms. The van der Waals surface area contributed by atoms with Gasteiger partial charge in [0.05, 0.1) is 26.9 Å². The van der Waals surface area contributed by atoms with Crippen molar-refractivity contribution in [3.05, 3.63) is 455 Å². The number of benzene rings is 18. The number of rotatable bonds is 9. The van der Waals surface area contributed by atoms with Crippen molar-refractivity contribution in [1.29, 1.82) is 0 Å². The summed E-state index contributed by atoms with van der Waals surface area (Å²) in [6.07, 6.45) is 0. The lowest BCUT2D eigenvalue weighted by molar-refractivity contribution is 0.662. The third-order valence-electron chi connectivity index (χ3n) is 28.2. The molecule has 18 aromatic carbocycles. The minimum absolute atomic E-state index is 0.189. The third kappa shape index (κ3) is 9.01. The van der Waals surface area contributed by atoms with Crippen LogP contribution in [0, 0.1) is 0 Å². The number of hydrogen-bond acceptors (Lipinski definition) is 4. The first-order valence-corrected chi connectivity index (χ1v) is 43.7. The van der Waals surface area contributed by atoms with E-state index >= 15 is 0 Å². The summed E-state index contributed by atoms with van der Waals surface area (Å²) in [4.78, 5) is 5.15. The minimum atomic E-state index is -0.615. The van der Waals surface area contributed by atoms with Gasteiger partial charge in [-0.3, -0.25) is 0 Å². The van der Waals surface area contributed by atoms with Crippen LogP contribution in [-0.2, 0) is 21.7 Å². The Morgan fingerprint density at radius 2 is 0.542 bits per heavy atom. The van der Waals surface area contributed by atoms with Crippen LogP contribution in [0.1, 0.15) is 94.5 Å². The lowest BCUT2D eigenvalue weighted by atomic mass is 9.70. The molecular weight excluding hydrogens is 1490 g/mol. The second-order valence-electron chi connectivity index (χ2n) is 34.7. The molecule has 0 unspecified atom stereocenters. The van der Waals surface area contributed by atoms with Crippen LogP contribution in [0.15, 0.2) is 388 Å². The molecule has 120 heavy (non-hydrogen) atoms. The first kappa shape index (κ1) is 68.1. The van der Waals surface area contributed by atoms with Gasteiger partial charge in [0.2, 0.25) is 0 Å². The highest BCUT2D eigenvalue weighted by Crippen LogP contribution is 2.67. The average Bonchev–Trinajstić information content (AvgIpc) is 1.51. The topological polar surface area (TPSA) is 6.48 Å². The molecule has 0 saturated heterocycles. The molecule has 0 N–H and O–H groups in total. The lowest BCUT2D eigenvalue weighted by Crippen LogP contribution is -2.26. The maximum atomic E-state index is 2.58. The van der Waals surface area contributed by atoms with Crippen molar-refractivity contribution in [2.24, 2.45) is 0 Å². The quantitative estimate of drug-likeness (QED) is 0.142. The van der Waals surface area contributed by atoms with Gasteiger partial charge in [0.25, 0.3) is 0 Å². The van der Waals surface area contributed by atoms with Crippen molar-refractivity contribution in [2.75, 3.05) is 9.80 Å². The predicted molar refractivity (Wildman–Crippen MR) is 506 cm³/mol. The molecule has 0 aliphatic heterocycles. The average molecular weight is 1560 g/mol. The molecule has 6 aliphatic rings. The first-order valence-electron chi connectivity index (χ1n) is 42.1. The Hall–Kier alpha value is -14.0. The zero-order valence-corrected chi connectivity index (χ0v) is 68.3. The molecular formula is C116H76N2S2. The summed E-state index contributed by atoms with van der Waals surface area (Å²) in [5.74, 6) is 0. The van der Waals surface area contributed by atoms with Crippen molar-refractivity contribution in [1.82, 2.24) is 0 Å². The molecule has 0 bridgehead atoms. The Morgan fingerprint density at radius 3 is 1.08 bits per heavy atom. The summed E-state index contributed by atoms with van der Waals surface area (Å²) in [6.45, 7) is 9.70. The maximum Gasteiger partial charge on any atom is 0.0726 e. The summed E-state index contributed by atoms with van der Waals surface area (Å²) in [7, 11) is 0. The van der Waals surface area contributed by atoms with Crippen molar-refractivity contribution in [3.63, 3.8) is 0 Å². The highest BCUT2D eigenvalue weighted by atomic mass is 32.1. The molecule has 2 nitrogen and oxygen atoms in total. The van der Waals surface area contributed by atoms with Gasteiger partial charge in [-0.05, 0) is 258 Å². The molecule has 2 aromatic heterocycles. The van der Waals surface area contributed by atoms with E-state index in [0.29, 0.717) is 0 Å². The third-order valence-corrected chi connectivity index (χ3v) is 30.6. The number of anilines is 6. The van der Waals surface area contributed by atoms with Gasteiger partial charge in [0, 0.05) is 69.2 Å². The van der Waals surface area contributed by atoms with Crippen molar-refractivity contribution in [3.8, 4) is 100 Å². The highest BCUT2D eigenvalue weighted by molar-refractivity contribution is 7.26. The van der Waals surface area contributed by atoms with Crippen LogP contribution in [-0.4, -0.2) is 0 Å². The Morgan fingerprint density at radius 1 is 0.200 bits per heavy atom. The molecule has 0 radical (unpaired) electrons. The van der Waals surface area contributed by atoms with E-state index in [1.54, 1.807) is 0 Å². The van der Waals surface area contributed by atoms with Gasteiger partial charge in [-0.25, -0.2) is 0 Å². The molecule has 562 valence electrons. The molecule has 0 saturated carbocycles. The fraction of sp³-hybridized carbons (Fsp3) is 0.0690. The molecule has 0 fully saturated rings. The van der Waals surface area contributed by atoms with Gasteiger partial charge in [-0.15, -0.1) is 22.7 Å². The fourth-order valence-corrected chi connectivity index (χ4v) is 25.7. The van der Waals surface area contributed by atoms with Gasteiger partial charge in [-0.1, -0.05) is 325 Å². The second kappa shape index (κ2) is 24.8. The van der Waals surface area contributed by atoms with Gasteiger partial charge < -0.3 is 9.80 Å². The van der Waals surface area contributed by atoms with E-state index in [4.69, 9.17) is 0 Å². The highest BCUT2D eigenvalue weighted by Gasteiger charge is 2.54. The van der Waals surface area contributed by atoms with E-state index < -0.39 is 10.8 Å². The Bertz CT molecular complexity index is 7800. The summed E-state index contributed by atoms with van der Waals surface area (Å²) in [6, 6.07) is 149. The summed E-state index contributed by atoms with van der Waals surface area (Å²) in [5.41, 5.74) is 44.0. The largest absolute Gasteiger partial charge is 0.310 e. The zero-order chi connectivity index (χ0) is 79.2. The van der Waals surface area contributed by atoms with Gasteiger partial charge in [0.15, 0.2) is 0 Å². The normalized spacial score (nSPS) is 14.6. The van der Waals surface area contributed by atoms with E-state index in [0.717, 1.165) is 34.1 Å². The van der Waals surface area contributed by atoms with Crippen molar-refractivity contribution >= 4 is 97.1 Å². The monoisotopic (exact) mass is 1560 g/mol.